The molecule has 36 heavy (non-hydrogen) atoms. The van der Waals surface area contributed by atoms with Crippen LogP contribution in [0.2, 0.25) is 5.02 Å². The summed E-state index contributed by atoms with van der Waals surface area (Å²) in [6.45, 7) is 4.54. The van der Waals surface area contributed by atoms with Crippen LogP contribution in [0.4, 0.5) is 11.5 Å². The summed E-state index contributed by atoms with van der Waals surface area (Å²) in [6, 6.07) is 10.9. The van der Waals surface area contributed by atoms with Crippen molar-refractivity contribution >= 4 is 39.8 Å². The van der Waals surface area contributed by atoms with E-state index in [2.05, 4.69) is 35.6 Å². The first kappa shape index (κ1) is 22.5. The van der Waals surface area contributed by atoms with E-state index in [1.54, 1.807) is 6.07 Å². The van der Waals surface area contributed by atoms with Crippen molar-refractivity contribution in [3.8, 4) is 17.1 Å². The van der Waals surface area contributed by atoms with Crippen LogP contribution in [0.3, 0.4) is 0 Å². The molecule has 0 amide bonds. The molecular weight excluding hydrogens is 486 g/mol. The van der Waals surface area contributed by atoms with Crippen LogP contribution in [-0.2, 0) is 4.74 Å². The van der Waals surface area contributed by atoms with E-state index in [9.17, 15) is 4.79 Å². The second-order valence-electron chi connectivity index (χ2n) is 8.20. The van der Waals surface area contributed by atoms with Crippen molar-refractivity contribution in [2.45, 2.75) is 0 Å². The van der Waals surface area contributed by atoms with Crippen LogP contribution in [0.25, 0.3) is 28.1 Å². The lowest BCUT2D eigenvalue weighted by Crippen LogP contribution is -2.38. The zero-order valence-electron chi connectivity index (χ0n) is 19.1. The third-order valence-corrected chi connectivity index (χ3v) is 6.41. The number of para-hydroxylation sites is 1. The van der Waals surface area contributed by atoms with Crippen LogP contribution < -0.4 is 15.7 Å². The van der Waals surface area contributed by atoms with E-state index >= 15 is 0 Å². The van der Waals surface area contributed by atoms with E-state index in [0.717, 1.165) is 32.8 Å². The van der Waals surface area contributed by atoms with Crippen molar-refractivity contribution in [1.82, 2.24) is 39.7 Å². The number of ether oxygens (including phenoxy) is 2. The van der Waals surface area contributed by atoms with E-state index < -0.39 is 0 Å². The quantitative estimate of drug-likeness (QED) is 0.303. The molecule has 2 aromatic carbocycles. The SMILES string of the molecule is O=c1[nH]nc2c(Nc3cccc(OCCN4CCOCC4)c3Cl)nc3c(-c4ncn[nH]4)cccc3n12. The predicted molar refractivity (Wildman–Crippen MR) is 134 cm³/mol. The summed E-state index contributed by atoms with van der Waals surface area (Å²) in [5.41, 5.74) is 2.32. The number of halogens is 1. The van der Waals surface area contributed by atoms with E-state index in [-0.39, 0.29) is 5.69 Å². The Morgan fingerprint density at radius 1 is 1.14 bits per heavy atom. The average molecular weight is 508 g/mol. The predicted octanol–water partition coefficient (Wildman–Crippen LogP) is 2.46. The summed E-state index contributed by atoms with van der Waals surface area (Å²) in [5.74, 6) is 1.43. The first-order valence-corrected chi connectivity index (χ1v) is 11.8. The van der Waals surface area contributed by atoms with Gasteiger partial charge in [-0.15, -0.1) is 5.10 Å². The lowest BCUT2D eigenvalue weighted by Gasteiger charge is -2.26. The van der Waals surface area contributed by atoms with Crippen molar-refractivity contribution in [3.63, 3.8) is 0 Å². The van der Waals surface area contributed by atoms with Crippen molar-refractivity contribution in [2.75, 3.05) is 44.8 Å². The van der Waals surface area contributed by atoms with Crippen LogP contribution in [0.1, 0.15) is 0 Å². The molecule has 0 atom stereocenters. The average Bonchev–Trinajstić information content (AvgIpc) is 3.57. The van der Waals surface area contributed by atoms with Crippen molar-refractivity contribution < 1.29 is 9.47 Å². The van der Waals surface area contributed by atoms with Gasteiger partial charge in [0.2, 0.25) is 5.65 Å². The number of aromatic amines is 2. The molecule has 5 aromatic rings. The monoisotopic (exact) mass is 507 g/mol. The number of aromatic nitrogens is 7. The molecule has 12 nitrogen and oxygen atoms in total. The summed E-state index contributed by atoms with van der Waals surface area (Å²) >= 11 is 6.70. The van der Waals surface area contributed by atoms with Gasteiger partial charge in [0.1, 0.15) is 29.2 Å². The minimum Gasteiger partial charge on any atom is -0.491 e. The third-order valence-electron chi connectivity index (χ3n) is 6.02. The van der Waals surface area contributed by atoms with Crippen LogP contribution >= 0.6 is 11.6 Å². The number of nitrogens with one attached hydrogen (secondary N) is 3. The number of morpholine rings is 1. The van der Waals surface area contributed by atoms with Gasteiger partial charge in [0.15, 0.2) is 11.6 Å². The Kier molecular flexibility index (Phi) is 5.97. The zero-order chi connectivity index (χ0) is 24.5. The largest absolute Gasteiger partial charge is 0.491 e. The molecule has 0 unspecified atom stereocenters. The Morgan fingerprint density at radius 2 is 2.00 bits per heavy atom. The number of benzene rings is 2. The summed E-state index contributed by atoms with van der Waals surface area (Å²) < 4.78 is 12.8. The molecule has 0 radical (unpaired) electrons. The van der Waals surface area contributed by atoms with Crippen LogP contribution in [0.15, 0.2) is 47.5 Å². The topological polar surface area (TPSA) is 138 Å². The molecule has 4 heterocycles. The van der Waals surface area contributed by atoms with Gasteiger partial charge in [-0.05, 0) is 24.3 Å². The highest BCUT2D eigenvalue weighted by atomic mass is 35.5. The first-order valence-electron chi connectivity index (χ1n) is 11.4. The van der Waals surface area contributed by atoms with Gasteiger partial charge in [-0.2, -0.15) is 5.10 Å². The van der Waals surface area contributed by atoms with Crippen molar-refractivity contribution in [2.24, 2.45) is 0 Å². The summed E-state index contributed by atoms with van der Waals surface area (Å²) in [4.78, 5) is 24.0. The number of H-pyrrole nitrogens is 2. The summed E-state index contributed by atoms with van der Waals surface area (Å²) in [5, 5.41) is 17.1. The van der Waals surface area contributed by atoms with Gasteiger partial charge in [-0.3, -0.25) is 10.00 Å². The van der Waals surface area contributed by atoms with Gasteiger partial charge in [0, 0.05) is 25.2 Å². The molecule has 0 spiro atoms. The smallest absolute Gasteiger partial charge is 0.348 e. The van der Waals surface area contributed by atoms with Gasteiger partial charge in [0.25, 0.3) is 0 Å². The Morgan fingerprint density at radius 3 is 2.83 bits per heavy atom. The molecule has 1 aliphatic heterocycles. The molecule has 6 rings (SSSR count). The van der Waals surface area contributed by atoms with Gasteiger partial charge in [-0.25, -0.2) is 24.3 Å². The number of anilines is 2. The standard InChI is InChI=1S/C23H22ClN9O3/c24-18-15(4-2-6-17(18)36-12-9-32-7-10-35-11-8-32)27-21-22-30-31-23(34)33(22)16-5-1-3-14(19(16)28-21)20-25-13-26-29-20/h1-6,13H,7-12H2,(H,27,28)(H,31,34)(H,25,26,29). The minimum atomic E-state index is -0.388. The number of rotatable bonds is 7. The van der Waals surface area contributed by atoms with E-state index in [1.807, 2.05) is 30.3 Å². The molecule has 1 fully saturated rings. The highest BCUT2D eigenvalue weighted by Crippen LogP contribution is 2.35. The molecule has 3 N–H and O–H groups in total. The maximum Gasteiger partial charge on any atom is 0.348 e. The molecule has 0 aliphatic carbocycles. The van der Waals surface area contributed by atoms with Gasteiger partial charge < -0.3 is 14.8 Å². The maximum atomic E-state index is 12.7. The molecular formula is C23H22ClN9O3. The van der Waals surface area contributed by atoms with E-state index in [0.29, 0.717) is 57.0 Å². The van der Waals surface area contributed by atoms with Crippen LogP contribution in [0.5, 0.6) is 5.75 Å². The molecule has 1 saturated heterocycles. The molecule has 184 valence electrons. The fourth-order valence-corrected chi connectivity index (χ4v) is 4.46. The van der Waals surface area contributed by atoms with E-state index in [1.165, 1.54) is 10.7 Å². The number of hydrogen-bond acceptors (Lipinski definition) is 9. The molecule has 0 bridgehead atoms. The summed E-state index contributed by atoms with van der Waals surface area (Å²) in [7, 11) is 0. The van der Waals surface area contributed by atoms with E-state index in [4.69, 9.17) is 26.1 Å². The number of hydrogen-bond donors (Lipinski definition) is 3. The Balaban J connectivity index is 1.34. The van der Waals surface area contributed by atoms with Gasteiger partial charge >= 0.3 is 5.69 Å². The van der Waals surface area contributed by atoms with Crippen LogP contribution in [-0.4, -0.2) is 79.1 Å². The fourth-order valence-electron chi connectivity index (χ4n) is 4.24. The van der Waals surface area contributed by atoms with Crippen molar-refractivity contribution in [3.05, 3.63) is 58.2 Å². The zero-order valence-corrected chi connectivity index (χ0v) is 19.8. The third kappa shape index (κ3) is 4.15. The van der Waals surface area contributed by atoms with Gasteiger partial charge in [-0.1, -0.05) is 23.7 Å². The lowest BCUT2D eigenvalue weighted by atomic mass is 10.1. The fraction of sp³-hybridized carbons (Fsp3) is 0.261. The highest BCUT2D eigenvalue weighted by Gasteiger charge is 2.18. The van der Waals surface area contributed by atoms with Crippen molar-refractivity contribution in [1.29, 1.82) is 0 Å². The molecule has 3 aromatic heterocycles. The maximum absolute atomic E-state index is 12.7. The summed E-state index contributed by atoms with van der Waals surface area (Å²) in [6.07, 6.45) is 1.42. The Hall–Kier alpha value is -4.00. The normalized spacial score (nSPS) is 14.5. The number of nitrogens with zero attached hydrogens (tertiary/aromatic N) is 6. The number of fused-ring (bicyclic) bond motifs is 3. The first-order chi connectivity index (χ1) is 17.7. The van der Waals surface area contributed by atoms with Crippen LogP contribution in [0, 0.1) is 0 Å². The molecule has 1 aliphatic rings. The second-order valence-corrected chi connectivity index (χ2v) is 8.58. The Bertz CT molecular complexity index is 1580. The highest BCUT2D eigenvalue weighted by molar-refractivity contribution is 6.34. The van der Waals surface area contributed by atoms with Gasteiger partial charge in [0.05, 0.1) is 24.4 Å². The minimum absolute atomic E-state index is 0.330. The second kappa shape index (κ2) is 9.57. The Labute approximate surface area is 209 Å². The lowest BCUT2D eigenvalue weighted by molar-refractivity contribution is 0.0322. The molecule has 13 heteroatoms. The molecule has 0 saturated carbocycles.